The summed E-state index contributed by atoms with van der Waals surface area (Å²) < 4.78 is 37.0. The average Bonchev–Trinajstić information content (AvgIpc) is 2.15. The van der Waals surface area contributed by atoms with Gasteiger partial charge in [-0.25, -0.2) is 4.98 Å². The van der Waals surface area contributed by atoms with Crippen molar-refractivity contribution in [3.63, 3.8) is 0 Å². The fourth-order valence-electron chi connectivity index (χ4n) is 0.922. The molecule has 16 heavy (non-hydrogen) atoms. The zero-order valence-electron chi connectivity index (χ0n) is 8.76. The van der Waals surface area contributed by atoms with Crippen LogP contribution in [-0.2, 0) is 6.18 Å². The van der Waals surface area contributed by atoms with Crippen molar-refractivity contribution in [1.82, 2.24) is 9.97 Å². The number of nitrogens with zero attached hydrogens (tertiary/aromatic N) is 2. The van der Waals surface area contributed by atoms with Crippen LogP contribution >= 0.6 is 0 Å². The first-order valence-electron chi connectivity index (χ1n) is 4.44. The lowest BCUT2D eigenvalue weighted by Crippen LogP contribution is -2.13. The van der Waals surface area contributed by atoms with Crippen LogP contribution in [0.5, 0.6) is 0 Å². The minimum absolute atomic E-state index is 0.0427. The third kappa shape index (κ3) is 2.85. The average molecular weight is 232 g/mol. The second-order valence-corrected chi connectivity index (χ2v) is 3.09. The first kappa shape index (κ1) is 12.3. The summed E-state index contributed by atoms with van der Waals surface area (Å²) in [7, 11) is 0. The highest BCUT2D eigenvalue weighted by atomic mass is 19.4. The second kappa shape index (κ2) is 4.38. The van der Waals surface area contributed by atoms with E-state index >= 15 is 0 Å². The van der Waals surface area contributed by atoms with Crippen LogP contribution in [0.2, 0.25) is 0 Å². The Morgan fingerprint density at radius 3 is 2.56 bits per heavy atom. The van der Waals surface area contributed by atoms with Gasteiger partial charge in [0.2, 0.25) is 5.95 Å². The van der Waals surface area contributed by atoms with Gasteiger partial charge in [-0.3, -0.25) is 0 Å². The third-order valence-electron chi connectivity index (χ3n) is 1.87. The van der Waals surface area contributed by atoms with Crippen molar-refractivity contribution in [2.45, 2.75) is 20.0 Å². The van der Waals surface area contributed by atoms with Gasteiger partial charge in [-0.2, -0.15) is 18.2 Å². The molecule has 0 aliphatic heterocycles. The van der Waals surface area contributed by atoms with E-state index in [0.29, 0.717) is 6.20 Å². The largest absolute Gasteiger partial charge is 0.421 e. The number of aromatic nitrogens is 2. The summed E-state index contributed by atoms with van der Waals surface area (Å²) in [5.74, 6) is -0.546. The Hall–Kier alpha value is -1.79. The molecule has 0 aromatic carbocycles. The van der Waals surface area contributed by atoms with Crippen molar-refractivity contribution in [3.05, 3.63) is 23.5 Å². The first-order chi connectivity index (χ1) is 7.34. The summed E-state index contributed by atoms with van der Waals surface area (Å²) in [5.41, 5.74) is 4.88. The molecule has 0 saturated carbocycles. The summed E-state index contributed by atoms with van der Waals surface area (Å²) in [6.45, 7) is 3.51. The fraction of sp³-hybridized carbons (Fsp3) is 0.333. The lowest BCUT2D eigenvalue weighted by molar-refractivity contribution is -0.137. The van der Waals surface area contributed by atoms with Gasteiger partial charge in [0.1, 0.15) is 11.4 Å². The molecule has 7 heteroatoms. The molecule has 0 unspecified atom stereocenters. The van der Waals surface area contributed by atoms with Gasteiger partial charge < -0.3 is 11.1 Å². The standard InChI is InChI=1S/C9H11F3N4/c1-3-5(2)15-8-14-4-6(7(13)16-8)9(10,11)12/h3-4H,1-2H3,(H3,13,14,15,16)/b5-3-. The van der Waals surface area contributed by atoms with Gasteiger partial charge in [-0.1, -0.05) is 6.08 Å². The number of nitrogen functional groups attached to an aromatic ring is 1. The molecule has 1 aromatic heterocycles. The number of nitrogens with two attached hydrogens (primary N) is 1. The van der Waals surface area contributed by atoms with E-state index in [4.69, 9.17) is 5.73 Å². The Kier molecular flexibility index (Phi) is 3.36. The molecule has 1 aromatic rings. The molecule has 0 aliphatic rings. The SMILES string of the molecule is C/C=C(/C)Nc1ncc(C(F)(F)F)c(N)n1. The van der Waals surface area contributed by atoms with Crippen molar-refractivity contribution in [1.29, 1.82) is 0 Å². The monoisotopic (exact) mass is 232 g/mol. The molecule has 1 heterocycles. The summed E-state index contributed by atoms with van der Waals surface area (Å²) in [5, 5.41) is 2.70. The highest BCUT2D eigenvalue weighted by Crippen LogP contribution is 2.32. The molecule has 88 valence electrons. The number of hydrogen-bond acceptors (Lipinski definition) is 4. The van der Waals surface area contributed by atoms with Crippen LogP contribution in [0, 0.1) is 0 Å². The summed E-state index contributed by atoms with van der Waals surface area (Å²) >= 11 is 0. The zero-order valence-corrected chi connectivity index (χ0v) is 8.76. The highest BCUT2D eigenvalue weighted by molar-refractivity contribution is 5.46. The third-order valence-corrected chi connectivity index (χ3v) is 1.87. The number of alkyl halides is 3. The summed E-state index contributed by atoms with van der Waals surface area (Å²) in [4.78, 5) is 7.05. The van der Waals surface area contributed by atoms with Crippen molar-refractivity contribution in [2.24, 2.45) is 0 Å². The van der Waals surface area contributed by atoms with Gasteiger partial charge in [-0.05, 0) is 13.8 Å². The van der Waals surface area contributed by atoms with Gasteiger partial charge in [0.05, 0.1) is 0 Å². The van der Waals surface area contributed by atoms with Crippen LogP contribution in [0.25, 0.3) is 0 Å². The number of rotatable bonds is 2. The van der Waals surface area contributed by atoms with Crippen molar-refractivity contribution in [3.8, 4) is 0 Å². The zero-order chi connectivity index (χ0) is 12.3. The van der Waals surface area contributed by atoms with Gasteiger partial charge in [0, 0.05) is 11.9 Å². The van der Waals surface area contributed by atoms with E-state index < -0.39 is 17.6 Å². The van der Waals surface area contributed by atoms with Crippen LogP contribution in [-0.4, -0.2) is 9.97 Å². The van der Waals surface area contributed by atoms with E-state index in [1.54, 1.807) is 19.9 Å². The quantitative estimate of drug-likeness (QED) is 0.821. The Balaban J connectivity index is 3.00. The number of anilines is 2. The van der Waals surface area contributed by atoms with E-state index in [0.717, 1.165) is 5.70 Å². The van der Waals surface area contributed by atoms with Crippen molar-refractivity contribution in [2.75, 3.05) is 11.1 Å². The minimum atomic E-state index is -4.53. The number of nitrogens with one attached hydrogen (secondary N) is 1. The summed E-state index contributed by atoms with van der Waals surface area (Å²) in [6.07, 6.45) is -2.14. The van der Waals surface area contributed by atoms with E-state index in [2.05, 4.69) is 15.3 Å². The maximum Gasteiger partial charge on any atom is 0.421 e. The molecule has 3 N–H and O–H groups in total. The van der Waals surface area contributed by atoms with Crippen molar-refractivity contribution >= 4 is 11.8 Å². The lowest BCUT2D eigenvalue weighted by atomic mass is 10.3. The van der Waals surface area contributed by atoms with Crippen LogP contribution in [0.15, 0.2) is 18.0 Å². The Labute approximate surface area is 90.4 Å². The highest BCUT2D eigenvalue weighted by Gasteiger charge is 2.34. The molecule has 0 spiro atoms. The second-order valence-electron chi connectivity index (χ2n) is 3.09. The van der Waals surface area contributed by atoms with Crippen LogP contribution < -0.4 is 11.1 Å². The van der Waals surface area contributed by atoms with Gasteiger partial charge in [0.15, 0.2) is 0 Å². The summed E-state index contributed by atoms with van der Waals surface area (Å²) in [6, 6.07) is 0. The molecule has 0 atom stereocenters. The van der Waals surface area contributed by atoms with E-state index in [9.17, 15) is 13.2 Å². The maximum atomic E-state index is 12.3. The molecule has 0 aliphatic carbocycles. The Morgan fingerprint density at radius 1 is 1.50 bits per heavy atom. The Morgan fingerprint density at radius 2 is 2.12 bits per heavy atom. The van der Waals surface area contributed by atoms with E-state index in [1.165, 1.54) is 0 Å². The molecule has 0 bridgehead atoms. The maximum absolute atomic E-state index is 12.3. The van der Waals surface area contributed by atoms with Gasteiger partial charge in [-0.15, -0.1) is 0 Å². The molecule has 0 saturated heterocycles. The van der Waals surface area contributed by atoms with Crippen molar-refractivity contribution < 1.29 is 13.2 Å². The molecular formula is C9H11F3N4. The van der Waals surface area contributed by atoms with E-state index in [-0.39, 0.29) is 5.95 Å². The normalized spacial score (nSPS) is 12.7. The number of halogens is 3. The number of allylic oxidation sites excluding steroid dienone is 2. The molecule has 0 radical (unpaired) electrons. The molecular weight excluding hydrogens is 221 g/mol. The first-order valence-corrected chi connectivity index (χ1v) is 4.44. The topological polar surface area (TPSA) is 63.8 Å². The minimum Gasteiger partial charge on any atom is -0.383 e. The van der Waals surface area contributed by atoms with Crippen LogP contribution in [0.1, 0.15) is 19.4 Å². The molecule has 0 fully saturated rings. The number of hydrogen-bond donors (Lipinski definition) is 2. The predicted molar refractivity (Wildman–Crippen MR) is 54.5 cm³/mol. The molecule has 4 nitrogen and oxygen atoms in total. The van der Waals surface area contributed by atoms with E-state index in [1.807, 2.05) is 0 Å². The Bertz CT molecular complexity index is 412. The lowest BCUT2D eigenvalue weighted by Gasteiger charge is -2.10. The van der Waals surface area contributed by atoms with Crippen LogP contribution in [0.3, 0.4) is 0 Å². The molecule has 0 amide bonds. The molecule has 1 rings (SSSR count). The van der Waals surface area contributed by atoms with Crippen LogP contribution in [0.4, 0.5) is 24.9 Å². The van der Waals surface area contributed by atoms with Gasteiger partial charge >= 0.3 is 6.18 Å². The van der Waals surface area contributed by atoms with Gasteiger partial charge in [0.25, 0.3) is 0 Å². The smallest absolute Gasteiger partial charge is 0.383 e. The fourth-order valence-corrected chi connectivity index (χ4v) is 0.922. The predicted octanol–water partition coefficient (Wildman–Crippen LogP) is 2.41.